The van der Waals surface area contributed by atoms with Crippen molar-refractivity contribution in [2.24, 2.45) is 0 Å². The van der Waals surface area contributed by atoms with Gasteiger partial charge in [-0.2, -0.15) is 4.31 Å². The number of amides is 1. The minimum absolute atomic E-state index is 0.0324. The fourth-order valence-corrected chi connectivity index (χ4v) is 7.40. The summed E-state index contributed by atoms with van der Waals surface area (Å²) in [6, 6.07) is 6.08. The predicted octanol–water partition coefficient (Wildman–Crippen LogP) is 1.67. The van der Waals surface area contributed by atoms with E-state index in [1.165, 1.54) is 22.8 Å². The normalized spacial score (nSPS) is 18.9. The van der Waals surface area contributed by atoms with Crippen LogP contribution in [0.5, 0.6) is 0 Å². The van der Waals surface area contributed by atoms with Gasteiger partial charge in [-0.1, -0.05) is 5.92 Å². The maximum atomic E-state index is 13.5. The van der Waals surface area contributed by atoms with Gasteiger partial charge in [0.2, 0.25) is 0 Å². The molecule has 194 valence electrons. The molecule has 2 aliphatic heterocycles. The number of piperazine rings is 1. The number of sulfonamides is 1. The number of carbonyl (C=O) groups excluding carboxylic acids is 2. The number of hydrogen-bond donors (Lipinski definition) is 1. The summed E-state index contributed by atoms with van der Waals surface area (Å²) < 4.78 is 33.2. The highest BCUT2D eigenvalue weighted by molar-refractivity contribution is 7.89. The zero-order valence-corrected chi connectivity index (χ0v) is 22.2. The summed E-state index contributed by atoms with van der Waals surface area (Å²) in [7, 11) is -0.628. The lowest BCUT2D eigenvalue weighted by molar-refractivity contribution is -0.142. The zero-order chi connectivity index (χ0) is 26.3. The number of rotatable bonds is 5. The van der Waals surface area contributed by atoms with Crippen LogP contribution in [-0.2, 0) is 32.5 Å². The number of methoxy groups -OCH3 is 1. The van der Waals surface area contributed by atoms with Gasteiger partial charge in [0.1, 0.15) is 5.03 Å². The number of ether oxygens (including phenoxy) is 1. The van der Waals surface area contributed by atoms with E-state index in [0.717, 1.165) is 30.1 Å². The van der Waals surface area contributed by atoms with Gasteiger partial charge in [-0.05, 0) is 31.3 Å². The lowest BCUT2D eigenvalue weighted by atomic mass is 10.1. The summed E-state index contributed by atoms with van der Waals surface area (Å²) in [6.07, 6.45) is 6.12. The van der Waals surface area contributed by atoms with Gasteiger partial charge in [-0.3, -0.25) is 9.59 Å². The molecule has 0 spiro atoms. The lowest BCUT2D eigenvalue weighted by Crippen LogP contribution is -2.57. The number of thiazole rings is 1. The molecule has 0 bridgehead atoms. The van der Waals surface area contributed by atoms with E-state index < -0.39 is 22.0 Å². The number of carbonyl (C=O) groups is 2. The van der Waals surface area contributed by atoms with Crippen molar-refractivity contribution in [2.75, 3.05) is 40.3 Å². The molecule has 1 fully saturated rings. The van der Waals surface area contributed by atoms with Crippen molar-refractivity contribution < 1.29 is 22.7 Å². The predicted molar refractivity (Wildman–Crippen MR) is 139 cm³/mol. The van der Waals surface area contributed by atoms with E-state index >= 15 is 0 Å². The molecule has 10 nitrogen and oxygen atoms in total. The van der Waals surface area contributed by atoms with Gasteiger partial charge in [0.25, 0.3) is 15.9 Å². The van der Waals surface area contributed by atoms with Crippen molar-refractivity contribution in [3.8, 4) is 12.3 Å². The molecule has 1 aromatic carbocycles. The van der Waals surface area contributed by atoms with Crippen LogP contribution in [0.1, 0.15) is 32.4 Å². The van der Waals surface area contributed by atoms with Crippen LogP contribution in [0.4, 0.5) is 0 Å². The van der Waals surface area contributed by atoms with Gasteiger partial charge < -0.3 is 19.5 Å². The molecule has 5 rings (SSSR count). The third kappa shape index (κ3) is 4.87. The van der Waals surface area contributed by atoms with Crippen LogP contribution in [0, 0.1) is 12.3 Å². The molecular formula is C25H27N5O5S2. The SMILES string of the molecule is C#Cc1ccc2[nH]c(S(=O)(=O)N3CCN(C(=O)c4nc5c(s4)CN(C)CC5)C(CC(=O)OC)C3)cc2c1. The molecule has 12 heteroatoms. The Balaban J connectivity index is 1.40. The van der Waals surface area contributed by atoms with E-state index in [9.17, 15) is 18.0 Å². The first-order valence-electron chi connectivity index (χ1n) is 11.8. The van der Waals surface area contributed by atoms with Crippen LogP contribution in [0.15, 0.2) is 29.3 Å². The second-order valence-corrected chi connectivity index (χ2v) is 12.2. The van der Waals surface area contributed by atoms with Crippen molar-refractivity contribution in [1.82, 2.24) is 24.1 Å². The number of terminal acetylenes is 1. The van der Waals surface area contributed by atoms with Crippen LogP contribution in [0.25, 0.3) is 10.9 Å². The fourth-order valence-electron chi connectivity index (χ4n) is 4.77. The molecule has 0 radical (unpaired) electrons. The summed E-state index contributed by atoms with van der Waals surface area (Å²) in [5.74, 6) is 1.73. The Labute approximate surface area is 219 Å². The summed E-state index contributed by atoms with van der Waals surface area (Å²) in [5.41, 5.74) is 2.23. The molecule has 1 N–H and O–H groups in total. The molecule has 2 aromatic heterocycles. The minimum atomic E-state index is -3.92. The van der Waals surface area contributed by atoms with Gasteiger partial charge in [0.05, 0.1) is 25.3 Å². The zero-order valence-electron chi connectivity index (χ0n) is 20.6. The first-order chi connectivity index (χ1) is 17.7. The molecule has 1 saturated heterocycles. The number of aromatic nitrogens is 2. The Hall–Kier alpha value is -3.24. The molecule has 4 heterocycles. The number of aromatic amines is 1. The van der Waals surface area contributed by atoms with Crippen LogP contribution in [0.2, 0.25) is 0 Å². The van der Waals surface area contributed by atoms with Crippen LogP contribution >= 0.6 is 11.3 Å². The minimum Gasteiger partial charge on any atom is -0.469 e. The molecule has 1 unspecified atom stereocenters. The van der Waals surface area contributed by atoms with Crippen LogP contribution in [0.3, 0.4) is 0 Å². The van der Waals surface area contributed by atoms with E-state index in [-0.39, 0.29) is 37.0 Å². The van der Waals surface area contributed by atoms with E-state index in [1.807, 2.05) is 7.05 Å². The molecule has 1 atom stereocenters. The first kappa shape index (κ1) is 25.4. The average Bonchev–Trinajstić information content (AvgIpc) is 3.52. The van der Waals surface area contributed by atoms with Gasteiger partial charge >= 0.3 is 5.97 Å². The number of nitrogens with zero attached hydrogens (tertiary/aromatic N) is 4. The van der Waals surface area contributed by atoms with E-state index in [1.54, 1.807) is 29.2 Å². The molecule has 0 aliphatic carbocycles. The Morgan fingerprint density at radius 3 is 2.84 bits per heavy atom. The molecule has 37 heavy (non-hydrogen) atoms. The standard InChI is InChI=1S/C25H27N5O5S2/c1-4-16-5-6-19-17(11-16)12-22(26-19)37(33,34)29-9-10-30(18(14-29)13-23(31)35-3)25(32)24-27-20-7-8-28(2)15-21(20)36-24/h1,5-6,11-12,18,26H,7-10,13-15H2,2-3H3. The Morgan fingerprint density at radius 2 is 2.08 bits per heavy atom. The molecule has 3 aromatic rings. The number of fused-ring (bicyclic) bond motifs is 2. The maximum absolute atomic E-state index is 13.5. The van der Waals surface area contributed by atoms with Crippen LogP contribution in [-0.4, -0.2) is 90.7 Å². The fraction of sp³-hybridized carbons (Fsp3) is 0.400. The Bertz CT molecular complexity index is 1520. The number of benzene rings is 1. The van der Waals surface area contributed by atoms with Crippen molar-refractivity contribution >= 4 is 44.1 Å². The van der Waals surface area contributed by atoms with Gasteiger partial charge in [-0.15, -0.1) is 17.8 Å². The maximum Gasteiger partial charge on any atom is 0.307 e. The van der Waals surface area contributed by atoms with Gasteiger partial charge in [-0.25, -0.2) is 13.4 Å². The smallest absolute Gasteiger partial charge is 0.307 e. The first-order valence-corrected chi connectivity index (χ1v) is 14.1. The Morgan fingerprint density at radius 1 is 1.27 bits per heavy atom. The number of H-pyrrole nitrogens is 1. The van der Waals surface area contributed by atoms with Crippen molar-refractivity contribution in [2.45, 2.75) is 30.5 Å². The van der Waals surface area contributed by atoms with Crippen molar-refractivity contribution in [3.63, 3.8) is 0 Å². The van der Waals surface area contributed by atoms with Crippen molar-refractivity contribution in [3.05, 3.63) is 45.4 Å². The summed E-state index contributed by atoms with van der Waals surface area (Å²) in [6.45, 7) is 1.80. The van der Waals surface area contributed by atoms with Gasteiger partial charge in [0.15, 0.2) is 5.01 Å². The second-order valence-electron chi connectivity index (χ2n) is 9.25. The number of likely N-dealkylation sites (N-methyl/N-ethyl adjacent to an activating group) is 1. The highest BCUT2D eigenvalue weighted by atomic mass is 32.2. The van der Waals surface area contributed by atoms with E-state index in [0.29, 0.717) is 21.5 Å². The number of esters is 1. The van der Waals surface area contributed by atoms with Crippen molar-refractivity contribution in [1.29, 1.82) is 0 Å². The average molecular weight is 542 g/mol. The molecule has 1 amide bonds. The topological polar surface area (TPSA) is 116 Å². The van der Waals surface area contributed by atoms with E-state index in [4.69, 9.17) is 11.2 Å². The van der Waals surface area contributed by atoms with Gasteiger partial charge in [0, 0.05) is 60.5 Å². The third-order valence-electron chi connectivity index (χ3n) is 6.82. The summed E-state index contributed by atoms with van der Waals surface area (Å²) >= 11 is 1.37. The lowest BCUT2D eigenvalue weighted by Gasteiger charge is -2.39. The Kier molecular flexibility index (Phi) is 6.80. The largest absolute Gasteiger partial charge is 0.469 e. The highest BCUT2D eigenvalue weighted by Gasteiger charge is 2.39. The molecular weight excluding hydrogens is 514 g/mol. The molecule has 0 saturated carbocycles. The number of nitrogens with one attached hydrogen (secondary N) is 1. The van der Waals surface area contributed by atoms with Crippen LogP contribution < -0.4 is 0 Å². The number of hydrogen-bond acceptors (Lipinski definition) is 8. The summed E-state index contributed by atoms with van der Waals surface area (Å²) in [5, 5.41) is 1.09. The monoisotopic (exact) mass is 541 g/mol. The van der Waals surface area contributed by atoms with E-state index in [2.05, 4.69) is 20.8 Å². The quantitative estimate of drug-likeness (QED) is 0.386. The second kappa shape index (κ2) is 9.90. The molecule has 2 aliphatic rings. The third-order valence-corrected chi connectivity index (χ3v) is 9.68. The highest BCUT2D eigenvalue weighted by Crippen LogP contribution is 2.29. The summed E-state index contributed by atoms with van der Waals surface area (Å²) in [4.78, 5) is 38.1.